The summed E-state index contributed by atoms with van der Waals surface area (Å²) >= 11 is 11.7. The molecule has 0 saturated carbocycles. The van der Waals surface area contributed by atoms with Crippen LogP contribution >= 0.6 is 23.2 Å². The number of carbonyl (C=O) groups excluding carboxylic acids is 1. The van der Waals surface area contributed by atoms with Crippen molar-refractivity contribution in [2.75, 3.05) is 7.11 Å². The second-order valence-electron chi connectivity index (χ2n) is 4.60. The summed E-state index contributed by atoms with van der Waals surface area (Å²) in [6.07, 6.45) is 2.39. The molecular formula is C17H12Cl2O5. The summed E-state index contributed by atoms with van der Waals surface area (Å²) in [6, 6.07) is 9.05. The monoisotopic (exact) mass is 366 g/mol. The van der Waals surface area contributed by atoms with Crippen molar-refractivity contribution in [3.8, 4) is 11.5 Å². The number of benzene rings is 2. The van der Waals surface area contributed by atoms with E-state index in [1.165, 1.54) is 37.5 Å². The van der Waals surface area contributed by atoms with E-state index in [-0.39, 0.29) is 22.1 Å². The summed E-state index contributed by atoms with van der Waals surface area (Å²) in [7, 11) is 1.41. The van der Waals surface area contributed by atoms with Crippen LogP contribution in [-0.4, -0.2) is 24.2 Å². The molecule has 0 aromatic heterocycles. The third kappa shape index (κ3) is 4.50. The normalized spacial score (nSPS) is 10.6. The number of hydrogen-bond donors (Lipinski definition) is 1. The van der Waals surface area contributed by atoms with Crippen LogP contribution in [0.3, 0.4) is 0 Å². The summed E-state index contributed by atoms with van der Waals surface area (Å²) in [5, 5.41) is 9.21. The van der Waals surface area contributed by atoms with Gasteiger partial charge < -0.3 is 14.6 Å². The lowest BCUT2D eigenvalue weighted by Crippen LogP contribution is -2.09. The standard InChI is InChI=1S/C17H12Cl2O5/c1-23-15-8-10(3-7-16(20)21)2-6-14(15)24-17(22)11-4-5-12(18)13(19)9-11/h2-9H,1H3,(H,20,21)/b7-3+. The predicted molar refractivity (Wildman–Crippen MR) is 91.1 cm³/mol. The lowest BCUT2D eigenvalue weighted by atomic mass is 10.2. The number of hydrogen-bond acceptors (Lipinski definition) is 4. The molecule has 0 atom stereocenters. The molecule has 0 heterocycles. The highest BCUT2D eigenvalue weighted by atomic mass is 35.5. The van der Waals surface area contributed by atoms with Crippen molar-refractivity contribution in [1.82, 2.24) is 0 Å². The van der Waals surface area contributed by atoms with E-state index in [1.54, 1.807) is 12.1 Å². The van der Waals surface area contributed by atoms with E-state index in [1.807, 2.05) is 0 Å². The van der Waals surface area contributed by atoms with Gasteiger partial charge >= 0.3 is 11.9 Å². The fourth-order valence-corrected chi connectivity index (χ4v) is 2.12. The average molecular weight is 367 g/mol. The van der Waals surface area contributed by atoms with Crippen LogP contribution in [0.2, 0.25) is 10.0 Å². The third-order valence-corrected chi connectivity index (χ3v) is 3.70. The molecule has 2 aromatic carbocycles. The first kappa shape index (κ1) is 17.8. The first-order valence-electron chi connectivity index (χ1n) is 6.67. The van der Waals surface area contributed by atoms with Crippen LogP contribution in [0.4, 0.5) is 0 Å². The number of rotatable bonds is 5. The molecule has 7 heteroatoms. The fraction of sp³-hybridized carbons (Fsp3) is 0.0588. The van der Waals surface area contributed by atoms with Crippen LogP contribution in [-0.2, 0) is 4.79 Å². The molecule has 24 heavy (non-hydrogen) atoms. The molecule has 0 aliphatic carbocycles. The molecule has 1 N–H and O–H groups in total. The highest BCUT2D eigenvalue weighted by molar-refractivity contribution is 6.42. The maximum atomic E-state index is 12.2. The topological polar surface area (TPSA) is 72.8 Å². The van der Waals surface area contributed by atoms with Gasteiger partial charge in [-0.25, -0.2) is 9.59 Å². The Balaban J connectivity index is 2.23. The van der Waals surface area contributed by atoms with Crippen molar-refractivity contribution in [2.45, 2.75) is 0 Å². The molecule has 2 aromatic rings. The predicted octanol–water partition coefficient (Wildman–Crippen LogP) is 4.32. The fourth-order valence-electron chi connectivity index (χ4n) is 1.82. The van der Waals surface area contributed by atoms with Crippen molar-refractivity contribution in [2.24, 2.45) is 0 Å². The Bertz CT molecular complexity index is 815. The van der Waals surface area contributed by atoms with Gasteiger partial charge in [-0.15, -0.1) is 0 Å². The molecule has 0 unspecified atom stereocenters. The van der Waals surface area contributed by atoms with Gasteiger partial charge in [0.15, 0.2) is 11.5 Å². The van der Waals surface area contributed by atoms with Crippen LogP contribution in [0.15, 0.2) is 42.5 Å². The largest absolute Gasteiger partial charge is 0.493 e. The first-order chi connectivity index (χ1) is 11.4. The molecule has 0 aliphatic rings. The van der Waals surface area contributed by atoms with Gasteiger partial charge in [0.2, 0.25) is 0 Å². The summed E-state index contributed by atoms with van der Waals surface area (Å²) < 4.78 is 10.5. The number of carboxylic acid groups (broad SMARTS) is 1. The molecule has 124 valence electrons. The van der Waals surface area contributed by atoms with Crippen molar-refractivity contribution >= 4 is 41.2 Å². The number of carboxylic acids is 1. The number of carbonyl (C=O) groups is 2. The Kier molecular flexibility index (Phi) is 5.84. The van der Waals surface area contributed by atoms with Crippen LogP contribution in [0.5, 0.6) is 11.5 Å². The molecule has 0 spiro atoms. The lowest BCUT2D eigenvalue weighted by molar-refractivity contribution is -0.131. The minimum atomic E-state index is -1.07. The van der Waals surface area contributed by atoms with E-state index in [4.69, 9.17) is 37.8 Å². The minimum Gasteiger partial charge on any atom is -0.493 e. The summed E-state index contributed by atoms with van der Waals surface area (Å²) in [4.78, 5) is 22.7. The van der Waals surface area contributed by atoms with Crippen LogP contribution < -0.4 is 9.47 Å². The van der Waals surface area contributed by atoms with Gasteiger partial charge in [-0.05, 0) is 42.0 Å². The first-order valence-corrected chi connectivity index (χ1v) is 7.42. The van der Waals surface area contributed by atoms with E-state index in [2.05, 4.69) is 0 Å². The van der Waals surface area contributed by atoms with Gasteiger partial charge in [-0.1, -0.05) is 29.3 Å². The zero-order valence-electron chi connectivity index (χ0n) is 12.5. The molecule has 5 nitrogen and oxygen atoms in total. The van der Waals surface area contributed by atoms with E-state index in [9.17, 15) is 9.59 Å². The highest BCUT2D eigenvalue weighted by Crippen LogP contribution is 2.30. The highest BCUT2D eigenvalue weighted by Gasteiger charge is 2.14. The second-order valence-corrected chi connectivity index (χ2v) is 5.41. The molecule has 0 saturated heterocycles. The molecule has 0 bridgehead atoms. The van der Waals surface area contributed by atoms with Crippen molar-refractivity contribution in [3.05, 3.63) is 63.6 Å². The third-order valence-electron chi connectivity index (χ3n) is 2.96. The molecule has 0 amide bonds. The van der Waals surface area contributed by atoms with Crippen LogP contribution in [0.25, 0.3) is 6.08 Å². The van der Waals surface area contributed by atoms with Gasteiger partial charge in [-0.2, -0.15) is 0 Å². The lowest BCUT2D eigenvalue weighted by Gasteiger charge is -2.10. The van der Waals surface area contributed by atoms with Gasteiger partial charge in [0.25, 0.3) is 0 Å². The Morgan fingerprint density at radius 3 is 2.42 bits per heavy atom. The molecule has 0 fully saturated rings. The quantitative estimate of drug-likeness (QED) is 0.484. The Labute approximate surface area is 148 Å². The number of halogens is 2. The Morgan fingerprint density at radius 1 is 1.04 bits per heavy atom. The maximum Gasteiger partial charge on any atom is 0.343 e. The van der Waals surface area contributed by atoms with Gasteiger partial charge in [-0.3, -0.25) is 0 Å². The van der Waals surface area contributed by atoms with Crippen molar-refractivity contribution < 1.29 is 24.2 Å². The maximum absolute atomic E-state index is 12.2. The van der Waals surface area contributed by atoms with Crippen LogP contribution in [0.1, 0.15) is 15.9 Å². The average Bonchev–Trinajstić information content (AvgIpc) is 2.56. The number of esters is 1. The summed E-state index contributed by atoms with van der Waals surface area (Å²) in [6.45, 7) is 0. The van der Waals surface area contributed by atoms with Gasteiger partial charge in [0.05, 0.1) is 22.7 Å². The van der Waals surface area contributed by atoms with Crippen molar-refractivity contribution in [1.29, 1.82) is 0 Å². The molecule has 0 radical (unpaired) electrons. The number of ether oxygens (including phenoxy) is 2. The zero-order chi connectivity index (χ0) is 17.7. The van der Waals surface area contributed by atoms with Crippen LogP contribution in [0, 0.1) is 0 Å². The summed E-state index contributed by atoms with van der Waals surface area (Å²) in [5.74, 6) is -1.21. The minimum absolute atomic E-state index is 0.195. The molecule has 0 aliphatic heterocycles. The van der Waals surface area contributed by atoms with E-state index < -0.39 is 11.9 Å². The number of aliphatic carboxylic acids is 1. The van der Waals surface area contributed by atoms with E-state index in [0.29, 0.717) is 10.6 Å². The smallest absolute Gasteiger partial charge is 0.343 e. The molecule has 2 rings (SSSR count). The van der Waals surface area contributed by atoms with Crippen molar-refractivity contribution in [3.63, 3.8) is 0 Å². The summed E-state index contributed by atoms with van der Waals surface area (Å²) in [5.41, 5.74) is 0.824. The number of methoxy groups -OCH3 is 1. The van der Waals surface area contributed by atoms with Gasteiger partial charge in [0, 0.05) is 6.08 Å². The second kappa shape index (κ2) is 7.86. The Morgan fingerprint density at radius 2 is 1.79 bits per heavy atom. The Hall–Kier alpha value is -2.50. The molecular weight excluding hydrogens is 355 g/mol. The van der Waals surface area contributed by atoms with E-state index in [0.717, 1.165) is 6.08 Å². The zero-order valence-corrected chi connectivity index (χ0v) is 14.0. The van der Waals surface area contributed by atoms with Gasteiger partial charge in [0.1, 0.15) is 0 Å². The SMILES string of the molecule is COc1cc(/C=C/C(=O)O)ccc1OC(=O)c1ccc(Cl)c(Cl)c1. The van der Waals surface area contributed by atoms with E-state index >= 15 is 0 Å².